The average molecular weight is 256 g/mol. The monoisotopic (exact) mass is 255 g/mol. The first kappa shape index (κ1) is 10.1. The highest BCUT2D eigenvalue weighted by Gasteiger charge is 2.11. The third kappa shape index (κ3) is 2.53. The first-order chi connectivity index (χ1) is 6.86. The van der Waals surface area contributed by atoms with Crippen molar-refractivity contribution < 1.29 is 0 Å². The summed E-state index contributed by atoms with van der Waals surface area (Å²) in [6.07, 6.45) is 1.85. The van der Waals surface area contributed by atoms with Gasteiger partial charge in [-0.05, 0) is 28.1 Å². The van der Waals surface area contributed by atoms with Gasteiger partial charge in [-0.15, -0.1) is 0 Å². The standard InChI is InChI=1S/C10H14BrN3/c11-9-2-1-3-13-10(9)8-14-6-4-12-5-7-14/h1-3,12H,4-8H2. The molecule has 1 N–H and O–H groups in total. The van der Waals surface area contributed by atoms with E-state index >= 15 is 0 Å². The maximum Gasteiger partial charge on any atom is 0.0685 e. The quantitative estimate of drug-likeness (QED) is 0.863. The predicted octanol–water partition coefficient (Wildman–Crippen LogP) is 1.25. The summed E-state index contributed by atoms with van der Waals surface area (Å²) < 4.78 is 1.11. The van der Waals surface area contributed by atoms with E-state index in [2.05, 4.69) is 31.1 Å². The molecule has 0 saturated carbocycles. The van der Waals surface area contributed by atoms with Crippen molar-refractivity contribution in [3.8, 4) is 0 Å². The number of nitrogens with one attached hydrogen (secondary N) is 1. The van der Waals surface area contributed by atoms with E-state index in [1.54, 1.807) is 0 Å². The van der Waals surface area contributed by atoms with E-state index in [1.807, 2.05) is 18.3 Å². The molecule has 1 aromatic rings. The van der Waals surface area contributed by atoms with Crippen LogP contribution in [0.15, 0.2) is 22.8 Å². The molecule has 0 atom stereocenters. The molecule has 2 rings (SSSR count). The highest BCUT2D eigenvalue weighted by atomic mass is 79.9. The summed E-state index contributed by atoms with van der Waals surface area (Å²) in [6.45, 7) is 5.35. The van der Waals surface area contributed by atoms with Crippen molar-refractivity contribution in [2.45, 2.75) is 6.54 Å². The summed E-state index contributed by atoms with van der Waals surface area (Å²) in [5.74, 6) is 0. The van der Waals surface area contributed by atoms with Crippen molar-refractivity contribution in [3.05, 3.63) is 28.5 Å². The van der Waals surface area contributed by atoms with E-state index < -0.39 is 0 Å². The molecular weight excluding hydrogens is 242 g/mol. The van der Waals surface area contributed by atoms with E-state index in [0.29, 0.717) is 0 Å². The van der Waals surface area contributed by atoms with E-state index in [4.69, 9.17) is 0 Å². The van der Waals surface area contributed by atoms with Gasteiger partial charge in [-0.25, -0.2) is 0 Å². The molecule has 0 amide bonds. The van der Waals surface area contributed by atoms with Gasteiger partial charge in [0.2, 0.25) is 0 Å². The summed E-state index contributed by atoms with van der Waals surface area (Å²) in [7, 11) is 0. The van der Waals surface area contributed by atoms with Crippen LogP contribution in [0.3, 0.4) is 0 Å². The van der Waals surface area contributed by atoms with Crippen molar-refractivity contribution in [1.82, 2.24) is 15.2 Å². The number of piperazine rings is 1. The first-order valence-corrected chi connectivity index (χ1v) is 5.68. The molecule has 0 aromatic carbocycles. The van der Waals surface area contributed by atoms with Crippen molar-refractivity contribution in [3.63, 3.8) is 0 Å². The van der Waals surface area contributed by atoms with Gasteiger partial charge in [0.05, 0.1) is 5.69 Å². The fourth-order valence-electron chi connectivity index (χ4n) is 1.62. The second-order valence-electron chi connectivity index (χ2n) is 3.46. The van der Waals surface area contributed by atoms with Crippen LogP contribution in [0.2, 0.25) is 0 Å². The highest BCUT2D eigenvalue weighted by Crippen LogP contribution is 2.15. The minimum Gasteiger partial charge on any atom is -0.314 e. The molecule has 3 nitrogen and oxygen atoms in total. The summed E-state index contributed by atoms with van der Waals surface area (Å²) in [5, 5.41) is 3.34. The second kappa shape index (κ2) is 4.87. The smallest absolute Gasteiger partial charge is 0.0685 e. The van der Waals surface area contributed by atoms with Crippen LogP contribution < -0.4 is 5.32 Å². The lowest BCUT2D eigenvalue weighted by molar-refractivity contribution is 0.230. The van der Waals surface area contributed by atoms with Gasteiger partial charge < -0.3 is 5.32 Å². The normalized spacial score (nSPS) is 18.4. The molecule has 0 aliphatic carbocycles. The van der Waals surface area contributed by atoms with Gasteiger partial charge in [0, 0.05) is 43.4 Å². The van der Waals surface area contributed by atoms with Crippen molar-refractivity contribution in [1.29, 1.82) is 0 Å². The van der Waals surface area contributed by atoms with Crippen LogP contribution in [0, 0.1) is 0 Å². The lowest BCUT2D eigenvalue weighted by atomic mass is 10.3. The molecule has 1 aliphatic rings. The van der Waals surface area contributed by atoms with Crippen molar-refractivity contribution in [2.75, 3.05) is 26.2 Å². The van der Waals surface area contributed by atoms with Gasteiger partial charge in [-0.1, -0.05) is 0 Å². The van der Waals surface area contributed by atoms with Crippen LogP contribution in [0.1, 0.15) is 5.69 Å². The Morgan fingerprint density at radius 3 is 2.93 bits per heavy atom. The van der Waals surface area contributed by atoms with Crippen LogP contribution in [0.4, 0.5) is 0 Å². The Morgan fingerprint density at radius 2 is 2.21 bits per heavy atom. The maximum absolute atomic E-state index is 4.36. The van der Waals surface area contributed by atoms with Crippen molar-refractivity contribution in [2.24, 2.45) is 0 Å². The molecule has 0 spiro atoms. The number of hydrogen-bond donors (Lipinski definition) is 1. The summed E-state index contributed by atoms with van der Waals surface area (Å²) in [4.78, 5) is 6.78. The zero-order valence-electron chi connectivity index (χ0n) is 8.04. The first-order valence-electron chi connectivity index (χ1n) is 4.89. The molecule has 1 aromatic heterocycles. The Balaban J connectivity index is 1.99. The number of rotatable bonds is 2. The SMILES string of the molecule is Brc1cccnc1CN1CCNCC1. The second-order valence-corrected chi connectivity index (χ2v) is 4.31. The molecule has 0 unspecified atom stereocenters. The fourth-order valence-corrected chi connectivity index (χ4v) is 2.00. The minimum absolute atomic E-state index is 0.948. The average Bonchev–Trinajstić information content (AvgIpc) is 2.23. The Labute approximate surface area is 92.6 Å². The highest BCUT2D eigenvalue weighted by molar-refractivity contribution is 9.10. The van der Waals surface area contributed by atoms with E-state index in [9.17, 15) is 0 Å². The number of aromatic nitrogens is 1. The molecule has 14 heavy (non-hydrogen) atoms. The summed E-state index contributed by atoms with van der Waals surface area (Å²) in [5.41, 5.74) is 1.13. The Kier molecular flexibility index (Phi) is 3.50. The number of hydrogen-bond acceptors (Lipinski definition) is 3. The van der Waals surface area contributed by atoms with Gasteiger partial charge in [-0.2, -0.15) is 0 Å². The number of pyridine rings is 1. The summed E-state index contributed by atoms with van der Waals surface area (Å²) >= 11 is 3.52. The van der Waals surface area contributed by atoms with Crippen LogP contribution in [-0.2, 0) is 6.54 Å². The third-order valence-corrected chi connectivity index (χ3v) is 3.14. The topological polar surface area (TPSA) is 28.2 Å². The van der Waals surface area contributed by atoms with E-state index in [1.165, 1.54) is 0 Å². The van der Waals surface area contributed by atoms with Gasteiger partial charge >= 0.3 is 0 Å². The van der Waals surface area contributed by atoms with Crippen molar-refractivity contribution >= 4 is 15.9 Å². The van der Waals surface area contributed by atoms with Gasteiger partial charge in [-0.3, -0.25) is 9.88 Å². The summed E-state index contributed by atoms with van der Waals surface area (Å²) in [6, 6.07) is 4.00. The lowest BCUT2D eigenvalue weighted by Crippen LogP contribution is -2.43. The Morgan fingerprint density at radius 1 is 1.43 bits per heavy atom. The Bertz CT molecular complexity index is 297. The number of halogens is 1. The molecule has 1 aliphatic heterocycles. The third-order valence-electron chi connectivity index (χ3n) is 2.42. The largest absolute Gasteiger partial charge is 0.314 e. The van der Waals surface area contributed by atoms with Crippen LogP contribution in [0.25, 0.3) is 0 Å². The zero-order chi connectivity index (χ0) is 9.80. The molecule has 2 heterocycles. The molecule has 4 heteroatoms. The molecule has 1 saturated heterocycles. The van der Waals surface area contributed by atoms with Gasteiger partial charge in [0.1, 0.15) is 0 Å². The maximum atomic E-state index is 4.36. The van der Waals surface area contributed by atoms with Gasteiger partial charge in [0.25, 0.3) is 0 Å². The lowest BCUT2D eigenvalue weighted by Gasteiger charge is -2.26. The molecule has 1 fully saturated rings. The zero-order valence-corrected chi connectivity index (χ0v) is 9.63. The predicted molar refractivity (Wildman–Crippen MR) is 60.1 cm³/mol. The van der Waals surface area contributed by atoms with Crippen LogP contribution in [-0.4, -0.2) is 36.1 Å². The van der Waals surface area contributed by atoms with E-state index in [0.717, 1.165) is 42.9 Å². The minimum atomic E-state index is 0.948. The van der Waals surface area contributed by atoms with E-state index in [-0.39, 0.29) is 0 Å². The molecule has 76 valence electrons. The fraction of sp³-hybridized carbons (Fsp3) is 0.500. The van der Waals surface area contributed by atoms with Crippen LogP contribution in [0.5, 0.6) is 0 Å². The molecule has 0 radical (unpaired) electrons. The Hall–Kier alpha value is -0.450. The number of nitrogens with zero attached hydrogens (tertiary/aromatic N) is 2. The molecular formula is C10H14BrN3. The van der Waals surface area contributed by atoms with Crippen LogP contribution >= 0.6 is 15.9 Å². The van der Waals surface area contributed by atoms with Gasteiger partial charge in [0.15, 0.2) is 0 Å². The molecule has 0 bridgehead atoms.